The molecule has 6 heteroatoms. The van der Waals surface area contributed by atoms with Gasteiger partial charge in [0, 0.05) is 5.69 Å². The van der Waals surface area contributed by atoms with Gasteiger partial charge in [0.1, 0.15) is 5.56 Å². The van der Waals surface area contributed by atoms with Gasteiger partial charge in [-0.2, -0.15) is 5.48 Å². The number of hydroxylamine groups is 1. The first-order chi connectivity index (χ1) is 9.66. The Balaban J connectivity index is 1.96. The van der Waals surface area contributed by atoms with Crippen molar-refractivity contribution in [2.45, 2.75) is 0 Å². The molecule has 0 aliphatic carbocycles. The highest BCUT2D eigenvalue weighted by Gasteiger charge is 2.11. The van der Waals surface area contributed by atoms with E-state index in [1.54, 1.807) is 36.4 Å². The molecule has 0 saturated carbocycles. The van der Waals surface area contributed by atoms with Gasteiger partial charge in [0.25, 0.3) is 0 Å². The van der Waals surface area contributed by atoms with Gasteiger partial charge in [0.05, 0.1) is 0 Å². The molecule has 2 aromatic carbocycles. The van der Waals surface area contributed by atoms with Crippen LogP contribution in [0.3, 0.4) is 0 Å². The second-order valence-electron chi connectivity index (χ2n) is 3.83. The molecule has 0 unspecified atom stereocenters. The molecule has 0 fully saturated rings. The molecule has 0 aliphatic rings. The fraction of sp³-hybridized carbons (Fsp3) is 0. The normalized spacial score (nSPS) is 9.60. The number of para-hydroxylation sites is 2. The summed E-state index contributed by atoms with van der Waals surface area (Å²) in [5.41, 5.74) is 2.69. The van der Waals surface area contributed by atoms with Crippen LogP contribution in [0.15, 0.2) is 54.6 Å². The molecule has 0 bridgehead atoms. The standard InChI is InChI=1S/C14H12N2O4/c17-13(18)11-8-4-5-9-12(11)20-16-14(19)15-10-6-2-1-3-7-10/h1-9H,(H,17,18)(H2,15,16,19). The van der Waals surface area contributed by atoms with Crippen molar-refractivity contribution in [2.24, 2.45) is 0 Å². The van der Waals surface area contributed by atoms with Crippen LogP contribution in [0.2, 0.25) is 0 Å². The van der Waals surface area contributed by atoms with Crippen LogP contribution in [0.5, 0.6) is 5.75 Å². The van der Waals surface area contributed by atoms with E-state index in [1.807, 2.05) is 6.07 Å². The van der Waals surface area contributed by atoms with E-state index in [-0.39, 0.29) is 11.3 Å². The summed E-state index contributed by atoms with van der Waals surface area (Å²) >= 11 is 0. The van der Waals surface area contributed by atoms with Gasteiger partial charge in [-0.3, -0.25) is 0 Å². The van der Waals surface area contributed by atoms with Crippen molar-refractivity contribution >= 4 is 17.7 Å². The number of aromatic carboxylic acids is 1. The Bertz CT molecular complexity index is 614. The number of amides is 2. The van der Waals surface area contributed by atoms with E-state index in [4.69, 9.17) is 9.94 Å². The second-order valence-corrected chi connectivity index (χ2v) is 3.83. The zero-order valence-electron chi connectivity index (χ0n) is 10.4. The Morgan fingerprint density at radius 1 is 0.950 bits per heavy atom. The number of benzene rings is 2. The lowest BCUT2D eigenvalue weighted by Gasteiger charge is -2.10. The molecular formula is C14H12N2O4. The third-order valence-electron chi connectivity index (χ3n) is 2.40. The maximum Gasteiger partial charge on any atom is 0.352 e. The van der Waals surface area contributed by atoms with Crippen LogP contribution in [-0.2, 0) is 0 Å². The molecule has 2 amide bonds. The van der Waals surface area contributed by atoms with Crippen molar-refractivity contribution in [2.75, 3.05) is 5.32 Å². The SMILES string of the molecule is O=C(NOc1ccccc1C(=O)O)Nc1ccccc1. The summed E-state index contributed by atoms with van der Waals surface area (Å²) in [4.78, 5) is 27.5. The molecule has 102 valence electrons. The third-order valence-corrected chi connectivity index (χ3v) is 2.40. The summed E-state index contributed by atoms with van der Waals surface area (Å²) in [5, 5.41) is 11.5. The molecule has 6 nitrogen and oxygen atoms in total. The number of urea groups is 1. The molecule has 0 radical (unpaired) electrons. The van der Waals surface area contributed by atoms with Gasteiger partial charge in [-0.15, -0.1) is 0 Å². The number of carbonyl (C=O) groups is 2. The summed E-state index contributed by atoms with van der Waals surface area (Å²) in [6.07, 6.45) is 0. The van der Waals surface area contributed by atoms with E-state index in [2.05, 4.69) is 10.8 Å². The van der Waals surface area contributed by atoms with E-state index in [9.17, 15) is 9.59 Å². The molecule has 0 spiro atoms. The number of carboxylic acids is 1. The molecule has 0 aliphatic heterocycles. The fourth-order valence-corrected chi connectivity index (χ4v) is 1.51. The van der Waals surface area contributed by atoms with Gasteiger partial charge in [-0.05, 0) is 24.3 Å². The average Bonchev–Trinajstić information content (AvgIpc) is 2.46. The third kappa shape index (κ3) is 3.49. The van der Waals surface area contributed by atoms with Crippen LogP contribution < -0.4 is 15.6 Å². The van der Waals surface area contributed by atoms with Crippen LogP contribution in [0.4, 0.5) is 10.5 Å². The molecule has 0 atom stereocenters. The molecule has 2 rings (SSSR count). The van der Waals surface area contributed by atoms with Crippen molar-refractivity contribution in [3.63, 3.8) is 0 Å². The van der Waals surface area contributed by atoms with Crippen molar-refractivity contribution in [3.8, 4) is 5.75 Å². The summed E-state index contributed by atoms with van der Waals surface area (Å²) < 4.78 is 0. The van der Waals surface area contributed by atoms with Crippen LogP contribution in [0, 0.1) is 0 Å². The minimum Gasteiger partial charge on any atom is -0.478 e. The number of carboxylic acid groups (broad SMARTS) is 1. The Labute approximate surface area is 115 Å². The smallest absolute Gasteiger partial charge is 0.352 e. The number of hydrogen-bond acceptors (Lipinski definition) is 3. The monoisotopic (exact) mass is 272 g/mol. The van der Waals surface area contributed by atoms with E-state index < -0.39 is 12.0 Å². The summed E-state index contributed by atoms with van der Waals surface area (Å²) in [5.74, 6) is -1.07. The van der Waals surface area contributed by atoms with E-state index in [1.165, 1.54) is 12.1 Å². The highest BCUT2D eigenvalue weighted by atomic mass is 16.7. The van der Waals surface area contributed by atoms with Crippen LogP contribution in [0.25, 0.3) is 0 Å². The average molecular weight is 272 g/mol. The van der Waals surface area contributed by atoms with Crippen molar-refractivity contribution in [1.82, 2.24) is 5.48 Å². The first-order valence-corrected chi connectivity index (χ1v) is 5.78. The molecule has 20 heavy (non-hydrogen) atoms. The Hall–Kier alpha value is -3.02. The Morgan fingerprint density at radius 3 is 2.30 bits per heavy atom. The lowest BCUT2D eigenvalue weighted by molar-refractivity contribution is 0.0689. The molecule has 0 saturated heterocycles. The van der Waals surface area contributed by atoms with Gasteiger partial charge in [-0.25, -0.2) is 9.59 Å². The van der Waals surface area contributed by atoms with Gasteiger partial charge >= 0.3 is 12.0 Å². The predicted octanol–water partition coefficient (Wildman–Crippen LogP) is 2.50. The van der Waals surface area contributed by atoms with Gasteiger partial charge in [0.2, 0.25) is 0 Å². The van der Waals surface area contributed by atoms with Crippen molar-refractivity contribution in [1.29, 1.82) is 0 Å². The van der Waals surface area contributed by atoms with E-state index in [0.717, 1.165) is 0 Å². The van der Waals surface area contributed by atoms with Crippen LogP contribution >= 0.6 is 0 Å². The van der Waals surface area contributed by atoms with Crippen LogP contribution in [0.1, 0.15) is 10.4 Å². The zero-order valence-corrected chi connectivity index (χ0v) is 10.4. The Kier molecular flexibility index (Phi) is 4.18. The van der Waals surface area contributed by atoms with Gasteiger partial charge < -0.3 is 15.3 Å². The molecule has 3 N–H and O–H groups in total. The zero-order chi connectivity index (χ0) is 14.4. The lowest BCUT2D eigenvalue weighted by atomic mass is 10.2. The van der Waals surface area contributed by atoms with Gasteiger partial charge in [-0.1, -0.05) is 30.3 Å². The number of rotatable bonds is 4. The van der Waals surface area contributed by atoms with E-state index in [0.29, 0.717) is 5.69 Å². The summed E-state index contributed by atoms with van der Waals surface area (Å²) in [6, 6.07) is 14.2. The maximum absolute atomic E-state index is 11.6. The first kappa shape index (κ1) is 13.4. The van der Waals surface area contributed by atoms with E-state index >= 15 is 0 Å². The topological polar surface area (TPSA) is 87.7 Å². The van der Waals surface area contributed by atoms with Crippen LogP contribution in [-0.4, -0.2) is 17.1 Å². The first-order valence-electron chi connectivity index (χ1n) is 5.78. The fourth-order valence-electron chi connectivity index (χ4n) is 1.51. The molecule has 2 aromatic rings. The molecule has 0 aromatic heterocycles. The highest BCUT2D eigenvalue weighted by molar-refractivity contribution is 5.91. The highest BCUT2D eigenvalue weighted by Crippen LogP contribution is 2.16. The van der Waals surface area contributed by atoms with Crippen molar-refractivity contribution in [3.05, 3.63) is 60.2 Å². The Morgan fingerprint density at radius 2 is 1.60 bits per heavy atom. The minimum absolute atomic E-state index is 0.0347. The largest absolute Gasteiger partial charge is 0.478 e. The number of hydrogen-bond donors (Lipinski definition) is 3. The molecule has 0 heterocycles. The summed E-state index contributed by atoms with van der Waals surface area (Å²) in [7, 11) is 0. The molecular weight excluding hydrogens is 260 g/mol. The lowest BCUT2D eigenvalue weighted by Crippen LogP contribution is -2.32. The number of carbonyl (C=O) groups excluding carboxylic acids is 1. The number of anilines is 1. The predicted molar refractivity (Wildman–Crippen MR) is 72.6 cm³/mol. The second kappa shape index (κ2) is 6.24. The number of nitrogens with one attached hydrogen (secondary N) is 2. The summed E-state index contributed by atoms with van der Waals surface area (Å²) in [6.45, 7) is 0. The van der Waals surface area contributed by atoms with Crippen molar-refractivity contribution < 1.29 is 19.5 Å². The quantitative estimate of drug-likeness (QED) is 0.746. The minimum atomic E-state index is -1.13. The maximum atomic E-state index is 11.6. The van der Waals surface area contributed by atoms with Gasteiger partial charge in [0.15, 0.2) is 5.75 Å².